The van der Waals surface area contributed by atoms with Gasteiger partial charge in [0, 0.05) is 12.5 Å². The smallest absolute Gasteiger partial charge is 0.245 e. The van der Waals surface area contributed by atoms with Gasteiger partial charge in [-0.15, -0.1) is 0 Å². The molecule has 1 saturated heterocycles. The summed E-state index contributed by atoms with van der Waals surface area (Å²) >= 11 is 0. The largest absolute Gasteiger partial charge is 0.289 e. The predicted molar refractivity (Wildman–Crippen MR) is 126 cm³/mol. The van der Waals surface area contributed by atoms with Crippen LogP contribution in [-0.4, -0.2) is 30.3 Å². The van der Waals surface area contributed by atoms with Crippen LogP contribution in [-0.2, 0) is 25.8 Å². The monoisotopic (exact) mass is 454 g/mol. The fourth-order valence-corrected chi connectivity index (χ4v) is 7.12. The third-order valence-electron chi connectivity index (χ3n) is 6.78. The first-order valence-corrected chi connectivity index (χ1v) is 12.5. The molecule has 1 fully saturated rings. The number of hydrogen-bond donors (Lipinski definition) is 2. The van der Waals surface area contributed by atoms with Gasteiger partial charge in [0.05, 0.1) is 17.7 Å². The molecule has 0 spiro atoms. The molecule has 4 rings (SSSR count). The third-order valence-corrected chi connectivity index (χ3v) is 9.38. The lowest BCUT2D eigenvalue weighted by molar-refractivity contribution is -0.130. The van der Waals surface area contributed by atoms with Crippen molar-refractivity contribution in [1.82, 2.24) is 10.5 Å². The van der Waals surface area contributed by atoms with Crippen molar-refractivity contribution in [2.45, 2.75) is 50.7 Å². The van der Waals surface area contributed by atoms with Crippen molar-refractivity contribution in [1.29, 1.82) is 0 Å². The van der Waals surface area contributed by atoms with Crippen molar-refractivity contribution in [3.05, 3.63) is 76.5 Å². The molecule has 7 heteroatoms. The van der Waals surface area contributed by atoms with Crippen LogP contribution in [0.4, 0.5) is 0 Å². The summed E-state index contributed by atoms with van der Waals surface area (Å²) in [5.74, 6) is -0.636. The minimum absolute atomic E-state index is 0. The summed E-state index contributed by atoms with van der Waals surface area (Å²) in [7, 11) is -3.54. The van der Waals surface area contributed by atoms with E-state index in [0.29, 0.717) is 24.8 Å². The van der Waals surface area contributed by atoms with Crippen LogP contribution >= 0.6 is 0 Å². The molecule has 2 heterocycles. The van der Waals surface area contributed by atoms with E-state index in [-0.39, 0.29) is 13.6 Å². The minimum atomic E-state index is -3.54. The van der Waals surface area contributed by atoms with E-state index in [2.05, 4.69) is 18.0 Å². The number of amides is 1. The number of sulfone groups is 1. The summed E-state index contributed by atoms with van der Waals surface area (Å²) in [5, 5.41) is 10.2. The van der Waals surface area contributed by atoms with Crippen molar-refractivity contribution >= 4 is 26.6 Å². The van der Waals surface area contributed by atoms with Crippen molar-refractivity contribution in [3.8, 4) is 0 Å². The Bertz CT molecular complexity index is 1280. The quantitative estimate of drug-likeness (QED) is 0.441. The first kappa shape index (κ1) is 22.4. The predicted octanol–water partition coefficient (Wildman–Crippen LogP) is 4.38. The Balaban J connectivity index is 0.00000306. The van der Waals surface area contributed by atoms with E-state index in [1.54, 1.807) is 5.48 Å². The van der Waals surface area contributed by atoms with E-state index in [4.69, 9.17) is 5.21 Å². The highest BCUT2D eigenvalue weighted by Gasteiger charge is 2.48. The fraction of sp³-hybridized carbons (Fsp3) is 0.360. The highest BCUT2D eigenvalue weighted by Crippen LogP contribution is 2.43. The van der Waals surface area contributed by atoms with Gasteiger partial charge in [0.25, 0.3) is 0 Å². The van der Waals surface area contributed by atoms with Gasteiger partial charge in [-0.1, -0.05) is 48.9 Å². The zero-order chi connectivity index (χ0) is 22.9. The van der Waals surface area contributed by atoms with Gasteiger partial charge >= 0.3 is 0 Å². The zero-order valence-electron chi connectivity index (χ0n) is 18.4. The molecule has 3 aromatic rings. The standard InChI is InChI=1S/C25H28N2O4S.H2/c1-17-18(2)26-23-8-4-3-7-21(23)22(17)15-19-9-11-20(12-10-19)25(16-24(28)27-29)13-5-6-14-32(25,30)31;/h3-4,7-12,29H,5-6,13-16H2,1-2H3,(H,27,28);1H. The van der Waals surface area contributed by atoms with Crippen molar-refractivity contribution in [3.63, 3.8) is 0 Å². The van der Waals surface area contributed by atoms with E-state index in [9.17, 15) is 13.2 Å². The zero-order valence-corrected chi connectivity index (χ0v) is 19.2. The second kappa shape index (κ2) is 8.64. The number of benzene rings is 2. The number of fused-ring (bicyclic) bond motifs is 1. The molecule has 1 unspecified atom stereocenters. The van der Waals surface area contributed by atoms with Gasteiger partial charge in [0.15, 0.2) is 9.84 Å². The van der Waals surface area contributed by atoms with Crippen LogP contribution in [0.2, 0.25) is 0 Å². The van der Waals surface area contributed by atoms with E-state index in [1.807, 2.05) is 49.4 Å². The Kier molecular flexibility index (Phi) is 6.05. The average molecular weight is 455 g/mol. The number of carbonyl (C=O) groups is 1. The molecule has 0 radical (unpaired) electrons. The Morgan fingerprint density at radius 2 is 1.84 bits per heavy atom. The topological polar surface area (TPSA) is 96.4 Å². The summed E-state index contributed by atoms with van der Waals surface area (Å²) < 4.78 is 24.9. The van der Waals surface area contributed by atoms with E-state index in [1.165, 1.54) is 5.56 Å². The normalized spacial score (nSPS) is 20.2. The molecular weight excluding hydrogens is 424 g/mol. The van der Waals surface area contributed by atoms with E-state index in [0.717, 1.165) is 34.1 Å². The number of hydroxylamine groups is 1. The molecule has 1 aliphatic rings. The fourth-order valence-electron chi connectivity index (χ4n) is 4.85. The highest BCUT2D eigenvalue weighted by molar-refractivity contribution is 7.92. The van der Waals surface area contributed by atoms with Crippen LogP contribution in [0.1, 0.15) is 55.1 Å². The molecule has 1 aliphatic heterocycles. The van der Waals surface area contributed by atoms with Crippen molar-refractivity contribution < 1.29 is 19.8 Å². The van der Waals surface area contributed by atoms with Crippen molar-refractivity contribution in [2.75, 3.05) is 5.75 Å². The lowest BCUT2D eigenvalue weighted by Gasteiger charge is -2.36. The van der Waals surface area contributed by atoms with Gasteiger partial charge in [-0.25, -0.2) is 13.9 Å². The van der Waals surface area contributed by atoms with E-state index < -0.39 is 20.5 Å². The lowest BCUT2D eigenvalue weighted by Crippen LogP contribution is -2.44. The molecule has 1 atom stereocenters. The molecule has 2 N–H and O–H groups in total. The number of hydrogen-bond acceptors (Lipinski definition) is 5. The molecule has 170 valence electrons. The number of aryl methyl sites for hydroxylation is 1. The Hall–Kier alpha value is -2.77. The molecule has 6 nitrogen and oxygen atoms in total. The highest BCUT2D eigenvalue weighted by atomic mass is 32.2. The van der Waals surface area contributed by atoms with Gasteiger partial charge < -0.3 is 0 Å². The Labute approximate surface area is 190 Å². The molecule has 32 heavy (non-hydrogen) atoms. The summed E-state index contributed by atoms with van der Waals surface area (Å²) in [5.41, 5.74) is 7.59. The first-order valence-electron chi connectivity index (χ1n) is 10.9. The second-order valence-electron chi connectivity index (χ2n) is 8.67. The summed E-state index contributed by atoms with van der Waals surface area (Å²) in [6.45, 7) is 4.09. The maximum Gasteiger partial charge on any atom is 0.245 e. The number of para-hydroxylation sites is 1. The van der Waals surface area contributed by atoms with Crippen molar-refractivity contribution in [2.24, 2.45) is 0 Å². The van der Waals surface area contributed by atoms with Gasteiger partial charge in [-0.3, -0.25) is 15.0 Å². The number of aromatic nitrogens is 1. The van der Waals surface area contributed by atoms with E-state index >= 15 is 0 Å². The number of pyridine rings is 1. The minimum Gasteiger partial charge on any atom is -0.289 e. The Morgan fingerprint density at radius 1 is 1.12 bits per heavy atom. The molecule has 0 bridgehead atoms. The summed E-state index contributed by atoms with van der Waals surface area (Å²) in [6.07, 6.45) is 2.11. The number of carbonyl (C=O) groups excluding carboxylic acids is 1. The molecule has 1 amide bonds. The average Bonchev–Trinajstić information content (AvgIpc) is 2.78. The number of nitrogens with one attached hydrogen (secondary N) is 1. The number of nitrogens with zero attached hydrogens (tertiary/aromatic N) is 1. The molecule has 1 aromatic heterocycles. The van der Waals surface area contributed by atoms with Gasteiger partial charge in [-0.2, -0.15) is 0 Å². The summed E-state index contributed by atoms with van der Waals surface area (Å²) in [4.78, 5) is 16.7. The van der Waals surface area contributed by atoms with Crippen LogP contribution in [0.5, 0.6) is 0 Å². The Morgan fingerprint density at radius 3 is 2.53 bits per heavy atom. The number of rotatable bonds is 5. The van der Waals surface area contributed by atoms with Crippen LogP contribution in [0.3, 0.4) is 0 Å². The molecule has 0 aliphatic carbocycles. The van der Waals surface area contributed by atoms with Gasteiger partial charge in [-0.05, 0) is 61.4 Å². The SMILES string of the molecule is Cc1nc2ccccc2c(Cc2ccc(C3(CC(=O)NO)CCCCS3(=O)=O)cc2)c1C.[HH]. The maximum absolute atomic E-state index is 13.1. The van der Waals surface area contributed by atoms with Crippen LogP contribution in [0.25, 0.3) is 10.9 Å². The second-order valence-corrected chi connectivity index (χ2v) is 11.1. The molecule has 2 aromatic carbocycles. The van der Waals surface area contributed by atoms with Gasteiger partial charge in [0.2, 0.25) is 5.91 Å². The van der Waals surface area contributed by atoms with Crippen LogP contribution in [0, 0.1) is 13.8 Å². The third kappa shape index (κ3) is 3.91. The summed E-state index contributed by atoms with van der Waals surface area (Å²) in [6, 6.07) is 15.6. The first-order chi connectivity index (χ1) is 15.3. The molecule has 0 saturated carbocycles. The maximum atomic E-state index is 13.1. The lowest BCUT2D eigenvalue weighted by atomic mass is 9.87. The van der Waals surface area contributed by atoms with Crippen LogP contribution < -0.4 is 5.48 Å². The van der Waals surface area contributed by atoms with Gasteiger partial charge in [0.1, 0.15) is 4.75 Å². The molecular formula is C25H30N2O4S. The van der Waals surface area contributed by atoms with Crippen LogP contribution in [0.15, 0.2) is 48.5 Å².